The van der Waals surface area contributed by atoms with E-state index in [2.05, 4.69) is 20.4 Å². The molecule has 17 unspecified atom stereocenters. The molecule has 7 heterocycles. The van der Waals surface area contributed by atoms with Gasteiger partial charge in [-0.25, -0.2) is 0 Å². The van der Waals surface area contributed by atoms with Gasteiger partial charge in [-0.2, -0.15) is 0 Å². The Labute approximate surface area is 343 Å². The van der Waals surface area contributed by atoms with Crippen molar-refractivity contribution in [2.75, 3.05) is 6.61 Å². The van der Waals surface area contributed by atoms with Crippen molar-refractivity contribution in [1.29, 1.82) is 0 Å². The molecule has 0 aromatic rings. The van der Waals surface area contributed by atoms with Gasteiger partial charge in [0.1, 0.15) is 30.0 Å². The molecule has 14 nitrogen and oxygen atoms in total. The largest absolute Gasteiger partial charge is 0.547 e. The van der Waals surface area contributed by atoms with Gasteiger partial charge in [0.25, 0.3) is 0 Å². The number of carboxylic acids is 1. The standard InChI is InChI=1S/C44H68O13.H3N/c1-25-21-34(55-44(23-25)35(46)12-11-31(54-44)24-41(6,50)40(48)49)26(2)9-10-30-14-18-43(53-30)19-15-33-39(57-43)36(47)29(5)38(52-33)32(45)22-28(4)37-27(3)13-17-42(56-37)16-7-8-20-51-42;/h9-10,23,26-28,30-39,45-47,50H,5,7-8,11-22,24H2,1-4,6H3,(H,48,49);1H3/b10-9+;. The molecule has 0 aliphatic carbocycles. The molecule has 0 aromatic heterocycles. The Bertz CT molecular complexity index is 1510. The molecule has 7 aliphatic rings. The minimum Gasteiger partial charge on any atom is -0.547 e. The number of aliphatic carboxylic acids is 1. The number of carboxylic acid groups (broad SMARTS) is 1. The van der Waals surface area contributed by atoms with Crippen LogP contribution in [0.1, 0.15) is 125 Å². The third-order valence-corrected chi connectivity index (χ3v) is 14.0. The second kappa shape index (κ2) is 17.9. The van der Waals surface area contributed by atoms with E-state index in [4.69, 9.17) is 33.2 Å². The summed E-state index contributed by atoms with van der Waals surface area (Å²) < 4.78 is 45.2. The minimum atomic E-state index is -2.07. The van der Waals surface area contributed by atoms with E-state index in [1.807, 2.05) is 26.0 Å². The summed E-state index contributed by atoms with van der Waals surface area (Å²) in [6, 6.07) is 0. The average molecular weight is 822 g/mol. The fourth-order valence-electron chi connectivity index (χ4n) is 10.5. The summed E-state index contributed by atoms with van der Waals surface area (Å²) in [6.45, 7) is 14.4. The van der Waals surface area contributed by atoms with Crippen molar-refractivity contribution in [3.63, 3.8) is 0 Å². The van der Waals surface area contributed by atoms with Crippen LogP contribution < -0.4 is 11.3 Å². The van der Waals surface area contributed by atoms with Gasteiger partial charge in [0.2, 0.25) is 5.79 Å². The van der Waals surface area contributed by atoms with Gasteiger partial charge in [-0.3, -0.25) is 0 Å². The zero-order valence-electron chi connectivity index (χ0n) is 35.5. The summed E-state index contributed by atoms with van der Waals surface area (Å²) in [6.07, 6.45) is 9.10. The third kappa shape index (κ3) is 9.48. The second-order valence-electron chi connectivity index (χ2n) is 18.9. The summed E-state index contributed by atoms with van der Waals surface area (Å²) in [7, 11) is 0. The number of quaternary nitrogens is 1. The van der Waals surface area contributed by atoms with Crippen molar-refractivity contribution in [1.82, 2.24) is 6.15 Å². The van der Waals surface area contributed by atoms with Crippen molar-refractivity contribution in [2.24, 2.45) is 17.8 Å². The van der Waals surface area contributed by atoms with E-state index in [9.17, 15) is 30.3 Å². The Balaban J connectivity index is 0.00000567. The summed E-state index contributed by atoms with van der Waals surface area (Å²) in [4.78, 5) is 11.5. The van der Waals surface area contributed by atoms with Crippen molar-refractivity contribution in [3.05, 3.63) is 36.0 Å². The Morgan fingerprint density at radius 1 is 1.02 bits per heavy atom. The highest BCUT2D eigenvalue weighted by Gasteiger charge is 2.55. The molecule has 17 atom stereocenters. The average Bonchev–Trinajstić information content (AvgIpc) is 3.56. The van der Waals surface area contributed by atoms with Crippen molar-refractivity contribution >= 4 is 5.97 Å². The maximum atomic E-state index is 11.5. The summed E-state index contributed by atoms with van der Waals surface area (Å²) in [5.41, 5.74) is -0.677. The van der Waals surface area contributed by atoms with Crippen LogP contribution in [0.3, 0.4) is 0 Å². The lowest BCUT2D eigenvalue weighted by molar-refractivity contribution is -0.336. The van der Waals surface area contributed by atoms with Crippen molar-refractivity contribution in [2.45, 2.75) is 209 Å². The van der Waals surface area contributed by atoms with Crippen LogP contribution >= 0.6 is 0 Å². The van der Waals surface area contributed by atoms with E-state index < -0.39 is 71.7 Å². The molecule has 0 saturated carbocycles. The highest BCUT2D eigenvalue weighted by atomic mass is 16.7. The number of hydrogen-bond donors (Lipinski definition) is 5. The van der Waals surface area contributed by atoms with E-state index in [0.717, 1.165) is 50.7 Å². The van der Waals surface area contributed by atoms with Crippen LogP contribution in [0.5, 0.6) is 0 Å². The van der Waals surface area contributed by atoms with Gasteiger partial charge < -0.3 is 69.6 Å². The Kier molecular flexibility index (Phi) is 14.1. The number of carbonyl (C=O) groups is 1. The van der Waals surface area contributed by atoms with Gasteiger partial charge >= 0.3 is 0 Å². The Morgan fingerprint density at radius 3 is 2.48 bits per heavy atom. The molecule has 6 fully saturated rings. The van der Waals surface area contributed by atoms with E-state index in [0.29, 0.717) is 56.4 Å². The van der Waals surface area contributed by atoms with Crippen LogP contribution in [-0.4, -0.2) is 117 Å². The van der Waals surface area contributed by atoms with Crippen LogP contribution in [0.2, 0.25) is 0 Å². The number of aliphatic hydroxyl groups excluding tert-OH is 3. The first-order valence-electron chi connectivity index (χ1n) is 21.6. The summed E-state index contributed by atoms with van der Waals surface area (Å²) >= 11 is 0. The number of hydrogen-bond acceptors (Lipinski definition) is 13. The van der Waals surface area contributed by atoms with Crippen LogP contribution in [0, 0.1) is 17.8 Å². The molecule has 6 saturated heterocycles. The zero-order valence-corrected chi connectivity index (χ0v) is 35.5. The van der Waals surface area contributed by atoms with E-state index in [-0.39, 0.29) is 42.7 Å². The smallest absolute Gasteiger partial charge is 0.215 e. The first-order chi connectivity index (χ1) is 26.9. The molecular weight excluding hydrogens is 750 g/mol. The molecular formula is C44H71NO13. The Morgan fingerprint density at radius 2 is 1.76 bits per heavy atom. The number of ether oxygens (including phenoxy) is 7. The topological polar surface area (TPSA) is 222 Å². The van der Waals surface area contributed by atoms with Crippen LogP contribution in [0.25, 0.3) is 0 Å². The first kappa shape index (κ1) is 45.7. The molecule has 14 heteroatoms. The monoisotopic (exact) mass is 821 g/mol. The Hall–Kier alpha value is -1.79. The van der Waals surface area contributed by atoms with Crippen LogP contribution in [-0.2, 0) is 38.0 Å². The predicted molar refractivity (Wildman–Crippen MR) is 211 cm³/mol. The van der Waals surface area contributed by atoms with E-state index in [1.165, 1.54) is 6.92 Å². The van der Waals surface area contributed by atoms with Gasteiger partial charge in [0.15, 0.2) is 11.6 Å². The molecule has 0 aromatic carbocycles. The predicted octanol–water partition coefficient (Wildman–Crippen LogP) is 4.26. The zero-order chi connectivity index (χ0) is 40.9. The second-order valence-corrected chi connectivity index (χ2v) is 18.9. The normalized spacial score (nSPS) is 44.6. The lowest BCUT2D eigenvalue weighted by Crippen LogP contribution is -2.60. The third-order valence-electron chi connectivity index (χ3n) is 14.0. The van der Waals surface area contributed by atoms with Gasteiger partial charge in [0, 0.05) is 38.0 Å². The van der Waals surface area contributed by atoms with E-state index in [1.54, 1.807) is 6.08 Å². The molecule has 0 bridgehead atoms. The summed E-state index contributed by atoms with van der Waals surface area (Å²) in [5, 5.41) is 56.0. The number of rotatable bonds is 10. The van der Waals surface area contributed by atoms with Gasteiger partial charge in [-0.1, -0.05) is 45.1 Å². The lowest BCUT2D eigenvalue weighted by Gasteiger charge is -2.50. The number of carbonyl (C=O) groups excluding carboxylic acids is 1. The van der Waals surface area contributed by atoms with Crippen molar-refractivity contribution < 1.29 is 63.5 Å². The fourth-order valence-corrected chi connectivity index (χ4v) is 10.5. The van der Waals surface area contributed by atoms with E-state index >= 15 is 0 Å². The van der Waals surface area contributed by atoms with Gasteiger partial charge in [-0.05, 0) is 95.1 Å². The fraction of sp³-hybridized carbons (Fsp3) is 0.841. The highest BCUT2D eigenvalue weighted by Crippen LogP contribution is 2.47. The maximum Gasteiger partial charge on any atom is 0.215 e. The van der Waals surface area contributed by atoms with Crippen LogP contribution in [0.15, 0.2) is 36.0 Å². The lowest BCUT2D eigenvalue weighted by atomic mass is 9.79. The number of fused-ring (bicyclic) bond motifs is 1. The SMILES string of the molecule is C=C1C(O)C2OC3(CCC(/C=C/C(C)C4CC(C)=CC5(OC(CC(C)(O)C(=O)[O-])CCC5O)O4)O3)CCC2OC1C(O)CC(C)C1OC2(CCCCO2)CCC1C.[NH4+]. The molecule has 0 amide bonds. The number of aliphatic hydroxyl groups is 4. The molecule has 0 radical (unpaired) electrons. The maximum absolute atomic E-state index is 11.5. The molecule has 7 aliphatic heterocycles. The van der Waals surface area contributed by atoms with Gasteiger partial charge in [0.05, 0.1) is 49.2 Å². The molecule has 58 heavy (non-hydrogen) atoms. The first-order valence-corrected chi connectivity index (χ1v) is 21.6. The van der Waals surface area contributed by atoms with Crippen LogP contribution in [0.4, 0.5) is 0 Å². The molecule has 330 valence electrons. The van der Waals surface area contributed by atoms with Crippen molar-refractivity contribution in [3.8, 4) is 0 Å². The molecule has 8 N–H and O–H groups in total. The molecule has 3 spiro atoms. The quantitative estimate of drug-likeness (QED) is 0.195. The van der Waals surface area contributed by atoms with Gasteiger partial charge in [-0.15, -0.1) is 0 Å². The summed E-state index contributed by atoms with van der Waals surface area (Å²) in [5.74, 6) is -4.11. The minimum absolute atomic E-state index is 0. The molecule has 7 rings (SSSR count). The highest BCUT2D eigenvalue weighted by molar-refractivity contribution is 5.74.